The summed E-state index contributed by atoms with van der Waals surface area (Å²) in [5.74, 6) is 0.455. The topological polar surface area (TPSA) is 123 Å². The largest absolute Gasteiger partial charge is 0.444 e. The first-order chi connectivity index (χ1) is 13.7. The predicted molar refractivity (Wildman–Crippen MR) is 120 cm³/mol. The van der Waals surface area contributed by atoms with Gasteiger partial charge in [0.05, 0.1) is 5.69 Å². The number of carbonyl (C=O) groups excluding carboxylic acids is 3. The molecular formula is C21H32N4O4S. The standard InChI is InChI=1S/C16H21N3O2S.C5H11NO2/c1-10(16(2,3)4)18-19-15(21)11-5-6-13-12(9-11)17-14(20)7-8-22-13;1-5(2,3)8-4(6)7/h5-6,9,18H,1,7-8H2,2-4H3,(H,17,20)(H,19,21);1-3H3,(H2,6,7). The average molecular weight is 437 g/mol. The van der Waals surface area contributed by atoms with Gasteiger partial charge in [0, 0.05) is 33.7 Å². The summed E-state index contributed by atoms with van der Waals surface area (Å²) in [4.78, 5) is 34.8. The van der Waals surface area contributed by atoms with Crippen LogP contribution in [0.4, 0.5) is 10.5 Å². The van der Waals surface area contributed by atoms with Gasteiger partial charge in [0.15, 0.2) is 0 Å². The van der Waals surface area contributed by atoms with E-state index in [0.29, 0.717) is 17.7 Å². The molecule has 0 saturated heterocycles. The van der Waals surface area contributed by atoms with Crippen molar-refractivity contribution in [3.05, 3.63) is 36.0 Å². The number of primary amides is 1. The molecule has 0 fully saturated rings. The number of hydrogen-bond acceptors (Lipinski definition) is 6. The highest BCUT2D eigenvalue weighted by Gasteiger charge is 2.18. The Morgan fingerprint density at radius 2 is 1.80 bits per heavy atom. The van der Waals surface area contributed by atoms with Crippen LogP contribution in [0.1, 0.15) is 58.3 Å². The van der Waals surface area contributed by atoms with E-state index in [1.165, 1.54) is 0 Å². The van der Waals surface area contributed by atoms with Crippen molar-refractivity contribution in [1.29, 1.82) is 0 Å². The maximum atomic E-state index is 12.2. The van der Waals surface area contributed by atoms with Crippen molar-refractivity contribution in [2.24, 2.45) is 11.1 Å². The molecule has 166 valence electrons. The van der Waals surface area contributed by atoms with Crippen molar-refractivity contribution in [3.8, 4) is 0 Å². The molecule has 0 aliphatic carbocycles. The van der Waals surface area contributed by atoms with Crippen molar-refractivity contribution in [2.45, 2.75) is 58.5 Å². The highest BCUT2D eigenvalue weighted by atomic mass is 32.2. The molecule has 8 nitrogen and oxygen atoms in total. The monoisotopic (exact) mass is 436 g/mol. The van der Waals surface area contributed by atoms with Crippen molar-refractivity contribution in [1.82, 2.24) is 10.9 Å². The summed E-state index contributed by atoms with van der Waals surface area (Å²) >= 11 is 1.61. The van der Waals surface area contributed by atoms with Gasteiger partial charge in [-0.1, -0.05) is 27.4 Å². The zero-order chi connectivity index (χ0) is 23.1. The van der Waals surface area contributed by atoms with Gasteiger partial charge in [-0.2, -0.15) is 0 Å². The Morgan fingerprint density at radius 1 is 1.17 bits per heavy atom. The van der Waals surface area contributed by atoms with E-state index < -0.39 is 11.7 Å². The molecule has 0 saturated carbocycles. The summed E-state index contributed by atoms with van der Waals surface area (Å²) in [5, 5.41) is 2.83. The molecule has 3 amide bonds. The van der Waals surface area contributed by atoms with Gasteiger partial charge >= 0.3 is 6.09 Å². The van der Waals surface area contributed by atoms with E-state index in [1.807, 2.05) is 26.8 Å². The summed E-state index contributed by atoms with van der Waals surface area (Å²) in [6.07, 6.45) is -0.245. The van der Waals surface area contributed by atoms with Gasteiger partial charge < -0.3 is 21.2 Å². The third kappa shape index (κ3) is 9.21. The molecule has 0 spiro atoms. The fourth-order valence-electron chi connectivity index (χ4n) is 2.05. The molecule has 0 bridgehead atoms. The van der Waals surface area contributed by atoms with Crippen LogP contribution >= 0.6 is 11.8 Å². The number of benzene rings is 1. The van der Waals surface area contributed by atoms with Crippen molar-refractivity contribution in [2.75, 3.05) is 11.1 Å². The van der Waals surface area contributed by atoms with Gasteiger partial charge in [-0.15, -0.1) is 11.8 Å². The molecule has 1 aromatic carbocycles. The number of hydrazine groups is 1. The van der Waals surface area contributed by atoms with Crippen LogP contribution in [0.2, 0.25) is 0 Å². The number of nitrogens with two attached hydrogens (primary N) is 1. The number of nitrogens with one attached hydrogen (secondary N) is 3. The average Bonchev–Trinajstić information content (AvgIpc) is 2.76. The second-order valence-corrected chi connectivity index (χ2v) is 9.84. The number of allylic oxidation sites excluding steroid dienone is 1. The van der Waals surface area contributed by atoms with Crippen molar-refractivity contribution >= 4 is 35.4 Å². The molecule has 1 aromatic rings. The van der Waals surface area contributed by atoms with Gasteiger partial charge in [0.25, 0.3) is 5.91 Å². The van der Waals surface area contributed by atoms with E-state index >= 15 is 0 Å². The minimum absolute atomic E-state index is 0.0250. The molecule has 0 aromatic heterocycles. The number of rotatable bonds is 3. The molecule has 0 atom stereocenters. The van der Waals surface area contributed by atoms with Crippen LogP contribution in [-0.2, 0) is 9.53 Å². The molecule has 30 heavy (non-hydrogen) atoms. The fourth-order valence-corrected chi connectivity index (χ4v) is 2.99. The van der Waals surface area contributed by atoms with Gasteiger partial charge in [-0.25, -0.2) is 4.79 Å². The van der Waals surface area contributed by atoms with E-state index in [9.17, 15) is 14.4 Å². The van der Waals surface area contributed by atoms with Crippen LogP contribution in [0.25, 0.3) is 0 Å². The Hall–Kier alpha value is -2.68. The maximum Gasteiger partial charge on any atom is 0.405 e. The molecular weight excluding hydrogens is 404 g/mol. The SMILES string of the molecule is C=C(NNC(=O)c1ccc2c(c1)NC(=O)CCS2)C(C)(C)C.CC(C)(C)OC(N)=O. The highest BCUT2D eigenvalue weighted by Crippen LogP contribution is 2.31. The number of hydrogen-bond donors (Lipinski definition) is 4. The lowest BCUT2D eigenvalue weighted by Gasteiger charge is -2.23. The van der Waals surface area contributed by atoms with Crippen LogP contribution in [0.3, 0.4) is 0 Å². The Balaban J connectivity index is 0.000000479. The number of amides is 3. The number of anilines is 1. The zero-order valence-electron chi connectivity index (χ0n) is 18.5. The smallest absolute Gasteiger partial charge is 0.405 e. The Morgan fingerprint density at radius 3 is 2.30 bits per heavy atom. The molecule has 2 rings (SSSR count). The molecule has 1 heterocycles. The molecule has 0 unspecified atom stereocenters. The van der Waals surface area contributed by atoms with E-state index in [4.69, 9.17) is 5.73 Å². The zero-order valence-corrected chi connectivity index (χ0v) is 19.3. The normalized spacial score (nSPS) is 13.5. The number of carbonyl (C=O) groups is 3. The van der Waals surface area contributed by atoms with Crippen LogP contribution in [0, 0.1) is 5.41 Å². The minimum atomic E-state index is -0.725. The fraction of sp³-hybridized carbons (Fsp3) is 0.476. The summed E-state index contributed by atoms with van der Waals surface area (Å²) in [5.41, 5.74) is 11.5. The van der Waals surface area contributed by atoms with Gasteiger partial charge in [0.1, 0.15) is 5.60 Å². The first-order valence-electron chi connectivity index (χ1n) is 9.50. The van der Waals surface area contributed by atoms with Gasteiger partial charge in [-0.05, 0) is 39.0 Å². The summed E-state index contributed by atoms with van der Waals surface area (Å²) in [6, 6.07) is 5.31. The maximum absolute atomic E-state index is 12.2. The summed E-state index contributed by atoms with van der Waals surface area (Å²) in [6.45, 7) is 15.2. The Kier molecular flexibility index (Phi) is 8.77. The predicted octanol–water partition coefficient (Wildman–Crippen LogP) is 3.80. The van der Waals surface area contributed by atoms with E-state index in [2.05, 4.69) is 27.5 Å². The van der Waals surface area contributed by atoms with E-state index in [1.54, 1.807) is 44.7 Å². The molecule has 1 aliphatic heterocycles. The summed E-state index contributed by atoms with van der Waals surface area (Å²) in [7, 11) is 0. The molecule has 9 heteroatoms. The second kappa shape index (κ2) is 10.4. The first-order valence-corrected chi connectivity index (χ1v) is 10.5. The minimum Gasteiger partial charge on any atom is -0.444 e. The van der Waals surface area contributed by atoms with Crippen LogP contribution in [0.15, 0.2) is 35.4 Å². The lowest BCUT2D eigenvalue weighted by molar-refractivity contribution is -0.115. The third-order valence-electron chi connectivity index (χ3n) is 3.74. The first kappa shape index (κ1) is 25.4. The van der Waals surface area contributed by atoms with Crippen molar-refractivity contribution in [3.63, 3.8) is 0 Å². The molecule has 1 aliphatic rings. The number of fused-ring (bicyclic) bond motifs is 1. The van der Waals surface area contributed by atoms with E-state index in [0.717, 1.165) is 16.3 Å². The van der Waals surface area contributed by atoms with Gasteiger partial charge in [-0.3, -0.25) is 15.0 Å². The number of ether oxygens (including phenoxy) is 1. The van der Waals surface area contributed by atoms with Crippen LogP contribution in [0.5, 0.6) is 0 Å². The Labute approximate surface area is 182 Å². The quantitative estimate of drug-likeness (QED) is 0.535. The van der Waals surface area contributed by atoms with Crippen LogP contribution < -0.4 is 21.9 Å². The van der Waals surface area contributed by atoms with Gasteiger partial charge in [0.2, 0.25) is 5.91 Å². The van der Waals surface area contributed by atoms with Crippen molar-refractivity contribution < 1.29 is 19.1 Å². The third-order valence-corrected chi connectivity index (χ3v) is 4.82. The highest BCUT2D eigenvalue weighted by molar-refractivity contribution is 7.99. The number of thioether (sulfide) groups is 1. The van der Waals surface area contributed by atoms with E-state index in [-0.39, 0.29) is 17.2 Å². The van der Waals surface area contributed by atoms with Crippen LogP contribution in [-0.4, -0.2) is 29.3 Å². The summed E-state index contributed by atoms with van der Waals surface area (Å²) < 4.78 is 4.58. The Bertz CT molecular complexity index is 810. The molecule has 0 radical (unpaired) electrons. The lowest BCUT2D eigenvalue weighted by atomic mass is 9.93. The molecule has 5 N–H and O–H groups in total. The second-order valence-electron chi connectivity index (χ2n) is 8.70. The lowest BCUT2D eigenvalue weighted by Crippen LogP contribution is -2.39.